The van der Waals surface area contributed by atoms with Gasteiger partial charge in [0.15, 0.2) is 5.92 Å². The van der Waals surface area contributed by atoms with Crippen LogP contribution in [0.3, 0.4) is 0 Å². The summed E-state index contributed by atoms with van der Waals surface area (Å²) in [5.41, 5.74) is -0.462. The van der Waals surface area contributed by atoms with Crippen LogP contribution >= 0.6 is 0 Å². The summed E-state index contributed by atoms with van der Waals surface area (Å²) in [4.78, 5) is 32.7. The molecule has 0 N–H and O–H groups in total. The fourth-order valence-corrected chi connectivity index (χ4v) is 2.86. The zero-order valence-corrected chi connectivity index (χ0v) is 16.4. The molecule has 0 bridgehead atoms. The predicted octanol–water partition coefficient (Wildman–Crippen LogP) is 2.42. The second-order valence-corrected chi connectivity index (χ2v) is 6.91. The number of alkyl halides is 3. The molecular formula is C15H17F3N2O9S. The van der Waals surface area contributed by atoms with E-state index in [0.29, 0.717) is 0 Å². The summed E-state index contributed by atoms with van der Waals surface area (Å²) < 4.78 is 77.6. The largest absolute Gasteiger partial charge is 0.465 e. The number of nitro groups is 1. The van der Waals surface area contributed by atoms with Crippen molar-refractivity contribution in [3.8, 4) is 0 Å². The Morgan fingerprint density at radius 3 is 2.10 bits per heavy atom. The number of halogens is 3. The Hall–Kier alpha value is -2.94. The number of hydrogen-bond acceptors (Lipinski definition) is 9. The highest BCUT2D eigenvalue weighted by Gasteiger charge is 2.48. The Labute approximate surface area is 168 Å². The summed E-state index contributed by atoms with van der Waals surface area (Å²) in [6.07, 6.45) is -6.81. The summed E-state index contributed by atoms with van der Waals surface area (Å²) in [5, 5.41) is 10.4. The van der Waals surface area contributed by atoms with Crippen molar-refractivity contribution < 1.29 is 49.9 Å². The lowest BCUT2D eigenvalue weighted by atomic mass is 10.1. The highest BCUT2D eigenvalue weighted by molar-refractivity contribution is 7.86. The number of nitrogens with zero attached hydrogens (tertiary/aromatic N) is 2. The first-order valence-electron chi connectivity index (χ1n) is 8.20. The quantitative estimate of drug-likeness (QED) is 0.310. The van der Waals surface area contributed by atoms with E-state index in [1.807, 2.05) is 0 Å². The zero-order valence-electron chi connectivity index (χ0n) is 15.6. The van der Waals surface area contributed by atoms with Crippen LogP contribution in [0.15, 0.2) is 29.2 Å². The summed E-state index contributed by atoms with van der Waals surface area (Å²) in [6.45, 7) is 0.240. The van der Waals surface area contributed by atoms with Gasteiger partial charge in [-0.15, -0.1) is 4.28 Å². The molecule has 0 saturated carbocycles. The van der Waals surface area contributed by atoms with E-state index in [2.05, 4.69) is 13.8 Å². The zero-order chi connectivity index (χ0) is 23.1. The highest BCUT2D eigenvalue weighted by atomic mass is 32.2. The molecule has 0 fully saturated rings. The predicted molar refractivity (Wildman–Crippen MR) is 91.3 cm³/mol. The van der Waals surface area contributed by atoms with E-state index in [1.54, 1.807) is 0 Å². The molecule has 168 valence electrons. The van der Waals surface area contributed by atoms with Gasteiger partial charge < -0.3 is 9.47 Å². The Bertz CT molecular complexity index is 872. The normalized spacial score (nSPS) is 12.7. The summed E-state index contributed by atoms with van der Waals surface area (Å²) in [7, 11) is -4.91. The Kier molecular flexibility index (Phi) is 8.53. The average Bonchev–Trinajstić information content (AvgIpc) is 2.64. The average molecular weight is 458 g/mol. The molecule has 0 aliphatic heterocycles. The molecule has 0 saturated heterocycles. The van der Waals surface area contributed by atoms with Crippen LogP contribution in [0.25, 0.3) is 0 Å². The Morgan fingerprint density at radius 2 is 1.67 bits per heavy atom. The van der Waals surface area contributed by atoms with Crippen molar-refractivity contribution >= 4 is 27.9 Å². The number of ether oxygens (including phenoxy) is 2. The molecule has 1 aromatic rings. The van der Waals surface area contributed by atoms with Crippen molar-refractivity contribution in [2.45, 2.75) is 24.9 Å². The third-order valence-corrected chi connectivity index (χ3v) is 4.54. The van der Waals surface area contributed by atoms with Gasteiger partial charge in [0.05, 0.1) is 29.6 Å². The van der Waals surface area contributed by atoms with E-state index in [4.69, 9.17) is 0 Å². The van der Waals surface area contributed by atoms with Gasteiger partial charge in [-0.1, -0.05) is 0 Å². The van der Waals surface area contributed by atoms with Crippen molar-refractivity contribution in [3.63, 3.8) is 0 Å². The summed E-state index contributed by atoms with van der Waals surface area (Å²) in [5.74, 6) is -4.68. The molecular weight excluding hydrogens is 441 g/mol. The van der Waals surface area contributed by atoms with E-state index < -0.39 is 62.9 Å². The molecule has 0 aliphatic rings. The molecule has 1 unspecified atom stereocenters. The topological polar surface area (TPSA) is 142 Å². The fourth-order valence-electron chi connectivity index (χ4n) is 1.95. The van der Waals surface area contributed by atoms with Crippen molar-refractivity contribution in [2.75, 3.05) is 19.8 Å². The molecule has 11 nitrogen and oxygen atoms in total. The third kappa shape index (κ3) is 6.84. The maximum Gasteiger partial charge on any atom is 0.435 e. The van der Waals surface area contributed by atoms with Gasteiger partial charge in [-0.3, -0.25) is 14.9 Å². The number of carbonyl (C=O) groups is 2. The van der Waals surface area contributed by atoms with Crippen LogP contribution in [0.1, 0.15) is 13.8 Å². The molecule has 30 heavy (non-hydrogen) atoms. The van der Waals surface area contributed by atoms with Crippen LogP contribution in [0.4, 0.5) is 23.7 Å². The number of nitro benzene ring substituents is 1. The van der Waals surface area contributed by atoms with Crippen molar-refractivity contribution in [3.05, 3.63) is 34.4 Å². The van der Waals surface area contributed by atoms with E-state index in [-0.39, 0.29) is 11.7 Å². The molecule has 1 aromatic carbocycles. The number of esters is 1. The van der Waals surface area contributed by atoms with Gasteiger partial charge in [-0.05, 0) is 26.0 Å². The van der Waals surface area contributed by atoms with E-state index in [9.17, 15) is 41.3 Å². The van der Waals surface area contributed by atoms with Gasteiger partial charge >= 0.3 is 28.4 Å². The van der Waals surface area contributed by atoms with Gasteiger partial charge in [0.2, 0.25) is 0 Å². The van der Waals surface area contributed by atoms with Crippen LogP contribution in [-0.2, 0) is 28.7 Å². The lowest BCUT2D eigenvalue weighted by Crippen LogP contribution is -2.45. The Morgan fingerprint density at radius 1 is 1.13 bits per heavy atom. The maximum absolute atomic E-state index is 13.2. The smallest absolute Gasteiger partial charge is 0.435 e. The maximum atomic E-state index is 13.2. The number of carbonyl (C=O) groups excluding carboxylic acids is 2. The monoisotopic (exact) mass is 458 g/mol. The van der Waals surface area contributed by atoms with Crippen LogP contribution in [0.5, 0.6) is 0 Å². The number of rotatable bonds is 9. The minimum Gasteiger partial charge on any atom is -0.465 e. The van der Waals surface area contributed by atoms with Gasteiger partial charge in [-0.25, -0.2) is 4.79 Å². The first-order chi connectivity index (χ1) is 13.8. The first-order valence-corrected chi connectivity index (χ1v) is 9.61. The summed E-state index contributed by atoms with van der Waals surface area (Å²) in [6, 6.07) is 3.12. The summed E-state index contributed by atoms with van der Waals surface area (Å²) >= 11 is 0. The van der Waals surface area contributed by atoms with Crippen LogP contribution < -0.4 is 0 Å². The second-order valence-electron chi connectivity index (χ2n) is 5.39. The van der Waals surface area contributed by atoms with E-state index in [1.165, 1.54) is 13.8 Å². The second kappa shape index (κ2) is 10.2. The SMILES string of the molecule is CCOC(=O)C(CN(OS(=O)(=O)c1ccc([N+](=O)[O-])cc1)C(=O)OCC)C(F)(F)F. The molecule has 0 aromatic heterocycles. The van der Waals surface area contributed by atoms with Crippen LogP contribution in [-0.4, -0.2) is 56.4 Å². The highest BCUT2D eigenvalue weighted by Crippen LogP contribution is 2.29. The van der Waals surface area contributed by atoms with Crippen molar-refractivity contribution in [1.29, 1.82) is 0 Å². The molecule has 1 amide bonds. The van der Waals surface area contributed by atoms with Gasteiger partial charge in [0.1, 0.15) is 0 Å². The molecule has 0 aliphatic carbocycles. The van der Waals surface area contributed by atoms with Crippen LogP contribution in [0, 0.1) is 16.0 Å². The molecule has 15 heteroatoms. The Balaban J connectivity index is 3.22. The number of hydrogen-bond donors (Lipinski definition) is 0. The number of hydroxylamine groups is 2. The molecule has 1 rings (SSSR count). The van der Waals surface area contributed by atoms with Crippen LogP contribution in [0.2, 0.25) is 0 Å². The molecule has 0 spiro atoms. The third-order valence-electron chi connectivity index (χ3n) is 3.31. The molecule has 1 atom stereocenters. The molecule has 0 heterocycles. The fraction of sp³-hybridized carbons (Fsp3) is 0.467. The molecule has 0 radical (unpaired) electrons. The van der Waals surface area contributed by atoms with Crippen molar-refractivity contribution in [2.24, 2.45) is 5.92 Å². The standard InChI is InChI=1S/C15H17F3N2O9S/c1-3-27-13(21)12(15(16,17)18)9-19(14(22)28-4-2)29-30(25,26)11-7-5-10(6-8-11)20(23)24/h5-8,12H,3-4,9H2,1-2H3. The first kappa shape index (κ1) is 25.1. The van der Waals surface area contributed by atoms with Gasteiger partial charge in [-0.2, -0.15) is 26.7 Å². The lowest BCUT2D eigenvalue weighted by Gasteiger charge is -2.25. The van der Waals surface area contributed by atoms with E-state index in [0.717, 1.165) is 24.3 Å². The van der Waals surface area contributed by atoms with Gasteiger partial charge in [0.25, 0.3) is 5.69 Å². The minimum absolute atomic E-state index is 0.282. The number of benzene rings is 1. The lowest BCUT2D eigenvalue weighted by molar-refractivity contribution is -0.384. The van der Waals surface area contributed by atoms with Crippen molar-refractivity contribution in [1.82, 2.24) is 5.06 Å². The minimum atomic E-state index is -5.20. The number of non-ortho nitro benzene ring substituents is 1. The van der Waals surface area contributed by atoms with E-state index >= 15 is 0 Å². The number of amides is 1. The van der Waals surface area contributed by atoms with Gasteiger partial charge in [0, 0.05) is 12.1 Å².